The van der Waals surface area contributed by atoms with E-state index in [0.717, 1.165) is 23.7 Å². The Balaban J connectivity index is 2.16. The fourth-order valence-electron chi connectivity index (χ4n) is 1.41. The summed E-state index contributed by atoms with van der Waals surface area (Å²) in [6.45, 7) is 7.27. The molecule has 0 atom stereocenters. The van der Waals surface area contributed by atoms with Crippen LogP contribution in [-0.4, -0.2) is 24.5 Å². The smallest absolute Gasteiger partial charge is 0.234 e. The topological polar surface area (TPSA) is 41.1 Å². The molecule has 0 aliphatic carbocycles. The molecule has 0 radical (unpaired) electrons. The van der Waals surface area contributed by atoms with Crippen LogP contribution in [0.15, 0.2) is 12.1 Å². The number of thiophene rings is 1. The van der Waals surface area contributed by atoms with Crippen molar-refractivity contribution in [2.75, 3.05) is 13.1 Å². The van der Waals surface area contributed by atoms with Gasteiger partial charge in [0.2, 0.25) is 5.91 Å². The molecule has 5 heteroatoms. The van der Waals surface area contributed by atoms with Crippen molar-refractivity contribution in [2.24, 2.45) is 0 Å². The molecule has 0 fully saturated rings. The highest BCUT2D eigenvalue weighted by Crippen LogP contribution is 2.21. The summed E-state index contributed by atoms with van der Waals surface area (Å²) in [6.07, 6.45) is 1.83. The van der Waals surface area contributed by atoms with Crippen LogP contribution in [0.4, 0.5) is 0 Å². The fourth-order valence-corrected chi connectivity index (χ4v) is 2.50. The third-order valence-corrected chi connectivity index (χ3v) is 4.12. The van der Waals surface area contributed by atoms with E-state index in [2.05, 4.69) is 17.6 Å². The Bertz CT molecular complexity index is 390. The predicted octanol–water partition coefficient (Wildman–Crippen LogP) is 2.84. The van der Waals surface area contributed by atoms with Gasteiger partial charge >= 0.3 is 0 Å². The molecule has 1 heterocycles. The molecule has 3 nitrogen and oxygen atoms in total. The maximum Gasteiger partial charge on any atom is 0.234 e. The molecule has 102 valence electrons. The lowest BCUT2D eigenvalue weighted by molar-refractivity contribution is -0.121. The first-order valence-corrected chi connectivity index (χ1v) is 7.38. The summed E-state index contributed by atoms with van der Waals surface area (Å²) in [5, 5.41) is 6.13. The van der Waals surface area contributed by atoms with Crippen LogP contribution >= 0.6 is 22.9 Å². The molecule has 0 spiro atoms. The van der Waals surface area contributed by atoms with Gasteiger partial charge in [0, 0.05) is 17.0 Å². The predicted molar refractivity (Wildman–Crippen MR) is 78.4 cm³/mol. The zero-order chi connectivity index (χ0) is 13.6. The highest BCUT2D eigenvalue weighted by Gasteiger charge is 2.16. The van der Waals surface area contributed by atoms with Gasteiger partial charge in [0.25, 0.3) is 0 Å². The van der Waals surface area contributed by atoms with Crippen molar-refractivity contribution < 1.29 is 4.79 Å². The number of nitrogens with one attached hydrogen (secondary N) is 2. The average molecular weight is 289 g/mol. The number of carbonyl (C=O) groups is 1. The first kappa shape index (κ1) is 15.5. The van der Waals surface area contributed by atoms with Gasteiger partial charge in [0.05, 0.1) is 10.9 Å². The van der Waals surface area contributed by atoms with Crippen LogP contribution in [0.5, 0.6) is 0 Å². The lowest BCUT2D eigenvalue weighted by Gasteiger charge is -2.24. The summed E-state index contributed by atoms with van der Waals surface area (Å²) >= 11 is 7.43. The number of halogens is 1. The second-order valence-corrected chi connectivity index (χ2v) is 6.72. The van der Waals surface area contributed by atoms with E-state index >= 15 is 0 Å². The molecule has 0 unspecified atom stereocenters. The number of hydrogen-bond acceptors (Lipinski definition) is 3. The SMILES string of the molecule is CCC(C)(C)NC(=O)CNCCc1ccc(Cl)s1. The zero-order valence-corrected chi connectivity index (χ0v) is 12.8. The Kier molecular flexibility index (Phi) is 6.12. The minimum absolute atomic E-state index is 0.0473. The number of amides is 1. The van der Waals surface area contributed by atoms with Gasteiger partial charge < -0.3 is 10.6 Å². The minimum Gasteiger partial charge on any atom is -0.350 e. The molecule has 0 bridgehead atoms. The molecule has 1 amide bonds. The Hall–Kier alpha value is -0.580. The van der Waals surface area contributed by atoms with E-state index in [9.17, 15) is 4.79 Å². The number of hydrogen-bond donors (Lipinski definition) is 2. The van der Waals surface area contributed by atoms with E-state index in [1.165, 1.54) is 4.88 Å². The third kappa shape index (κ3) is 5.85. The van der Waals surface area contributed by atoms with Gasteiger partial charge in [-0.05, 0) is 38.8 Å². The van der Waals surface area contributed by atoms with Crippen LogP contribution in [0.2, 0.25) is 4.34 Å². The van der Waals surface area contributed by atoms with Gasteiger partial charge in [0.15, 0.2) is 0 Å². The van der Waals surface area contributed by atoms with E-state index in [0.29, 0.717) is 6.54 Å². The summed E-state index contributed by atoms with van der Waals surface area (Å²) in [4.78, 5) is 12.9. The molecule has 0 saturated carbocycles. The van der Waals surface area contributed by atoms with E-state index in [4.69, 9.17) is 11.6 Å². The van der Waals surface area contributed by atoms with Gasteiger partial charge in [-0.15, -0.1) is 11.3 Å². The van der Waals surface area contributed by atoms with Gasteiger partial charge in [-0.25, -0.2) is 0 Å². The van der Waals surface area contributed by atoms with E-state index < -0.39 is 0 Å². The van der Waals surface area contributed by atoms with Crippen LogP contribution in [0.1, 0.15) is 32.1 Å². The monoisotopic (exact) mass is 288 g/mol. The summed E-state index contributed by atoms with van der Waals surface area (Å²) < 4.78 is 0.812. The van der Waals surface area contributed by atoms with Crippen molar-refractivity contribution in [3.8, 4) is 0 Å². The molecule has 1 aromatic rings. The average Bonchev–Trinajstić information content (AvgIpc) is 2.70. The van der Waals surface area contributed by atoms with Crippen molar-refractivity contribution >= 4 is 28.8 Å². The zero-order valence-electron chi connectivity index (χ0n) is 11.2. The normalized spacial score (nSPS) is 11.6. The largest absolute Gasteiger partial charge is 0.350 e. The van der Waals surface area contributed by atoms with Crippen LogP contribution in [0, 0.1) is 0 Å². The van der Waals surface area contributed by atoms with Gasteiger partial charge in [-0.1, -0.05) is 18.5 Å². The van der Waals surface area contributed by atoms with Crippen molar-refractivity contribution in [2.45, 2.75) is 39.2 Å². The van der Waals surface area contributed by atoms with Crippen LogP contribution in [0.3, 0.4) is 0 Å². The van der Waals surface area contributed by atoms with Gasteiger partial charge in [-0.2, -0.15) is 0 Å². The lowest BCUT2D eigenvalue weighted by Crippen LogP contribution is -2.46. The standard InChI is InChI=1S/C13H21ClN2OS/c1-4-13(2,3)16-12(17)9-15-8-7-10-5-6-11(14)18-10/h5-6,15H,4,7-9H2,1-3H3,(H,16,17). The first-order chi connectivity index (χ1) is 8.43. The quantitative estimate of drug-likeness (QED) is 0.758. The highest BCUT2D eigenvalue weighted by molar-refractivity contribution is 7.16. The summed E-state index contributed by atoms with van der Waals surface area (Å²) in [7, 11) is 0. The molecule has 1 rings (SSSR count). The maximum absolute atomic E-state index is 11.6. The molecule has 0 saturated heterocycles. The molecule has 18 heavy (non-hydrogen) atoms. The Morgan fingerprint density at radius 3 is 2.72 bits per heavy atom. The highest BCUT2D eigenvalue weighted by atomic mass is 35.5. The van der Waals surface area contributed by atoms with Crippen LogP contribution < -0.4 is 10.6 Å². The molecule has 0 aromatic carbocycles. The van der Waals surface area contributed by atoms with Crippen LogP contribution in [0.25, 0.3) is 0 Å². The minimum atomic E-state index is -0.125. The summed E-state index contributed by atoms with van der Waals surface area (Å²) in [5.74, 6) is 0.0473. The van der Waals surface area contributed by atoms with Crippen molar-refractivity contribution in [1.29, 1.82) is 0 Å². The number of carbonyl (C=O) groups excluding carboxylic acids is 1. The van der Waals surface area contributed by atoms with Gasteiger partial charge in [0.1, 0.15) is 0 Å². The van der Waals surface area contributed by atoms with E-state index in [-0.39, 0.29) is 11.4 Å². The molecule has 1 aromatic heterocycles. The molecule has 0 aliphatic rings. The second-order valence-electron chi connectivity index (χ2n) is 4.92. The molecular formula is C13H21ClN2OS. The summed E-state index contributed by atoms with van der Waals surface area (Å²) in [6, 6.07) is 3.92. The van der Waals surface area contributed by atoms with Gasteiger partial charge in [-0.3, -0.25) is 4.79 Å². The Morgan fingerprint density at radius 1 is 1.44 bits per heavy atom. The molecular weight excluding hydrogens is 268 g/mol. The third-order valence-electron chi connectivity index (χ3n) is 2.82. The molecule has 0 aliphatic heterocycles. The van der Waals surface area contributed by atoms with E-state index in [1.807, 2.05) is 26.0 Å². The first-order valence-electron chi connectivity index (χ1n) is 6.19. The lowest BCUT2D eigenvalue weighted by atomic mass is 10.0. The second kappa shape index (κ2) is 7.12. The maximum atomic E-state index is 11.6. The molecule has 2 N–H and O–H groups in total. The summed E-state index contributed by atoms with van der Waals surface area (Å²) in [5.41, 5.74) is -0.125. The van der Waals surface area contributed by atoms with Crippen molar-refractivity contribution in [3.63, 3.8) is 0 Å². The fraction of sp³-hybridized carbons (Fsp3) is 0.615. The van der Waals surface area contributed by atoms with E-state index in [1.54, 1.807) is 11.3 Å². The number of rotatable bonds is 7. The Morgan fingerprint density at radius 2 is 2.17 bits per heavy atom. The van der Waals surface area contributed by atoms with Crippen molar-refractivity contribution in [3.05, 3.63) is 21.3 Å². The Labute approximate surface area is 118 Å². The van der Waals surface area contributed by atoms with Crippen LogP contribution in [-0.2, 0) is 11.2 Å². The van der Waals surface area contributed by atoms with Crippen molar-refractivity contribution in [1.82, 2.24) is 10.6 Å².